The Balaban J connectivity index is 2.44. The summed E-state index contributed by atoms with van der Waals surface area (Å²) in [5, 5.41) is 8.61. The zero-order valence-electron chi connectivity index (χ0n) is 11.6. The lowest BCUT2D eigenvalue weighted by atomic mass is 10.1. The molecule has 0 atom stereocenters. The van der Waals surface area contributed by atoms with E-state index >= 15 is 0 Å². The van der Waals surface area contributed by atoms with E-state index in [9.17, 15) is 0 Å². The van der Waals surface area contributed by atoms with Crippen molar-refractivity contribution in [2.75, 3.05) is 5.73 Å². The van der Waals surface area contributed by atoms with Crippen molar-refractivity contribution >= 4 is 17.3 Å². The molecule has 0 saturated heterocycles. The summed E-state index contributed by atoms with van der Waals surface area (Å²) in [4.78, 5) is 8.21. The molecule has 98 valence electrons. The van der Waals surface area contributed by atoms with E-state index in [2.05, 4.69) is 20.2 Å². The molecule has 0 amide bonds. The topological polar surface area (TPSA) is 76.5 Å². The van der Waals surface area contributed by atoms with Gasteiger partial charge in [0.05, 0.1) is 17.1 Å². The molecule has 0 fully saturated rings. The van der Waals surface area contributed by atoms with E-state index in [1.807, 2.05) is 45.9 Å². The Morgan fingerprint density at radius 3 is 1.84 bits per heavy atom. The summed E-state index contributed by atoms with van der Waals surface area (Å²) in [6.45, 7) is 7.73. The van der Waals surface area contributed by atoms with E-state index in [-0.39, 0.29) is 5.95 Å². The average molecular weight is 255 g/mol. The molecule has 0 unspecified atom stereocenters. The van der Waals surface area contributed by atoms with Crippen LogP contribution in [0, 0.1) is 27.7 Å². The van der Waals surface area contributed by atoms with Crippen LogP contribution in [0.3, 0.4) is 0 Å². The number of nitrogens with two attached hydrogens (primary N) is 1. The summed E-state index contributed by atoms with van der Waals surface area (Å²) in [5.41, 5.74) is 10.8. The van der Waals surface area contributed by atoms with E-state index in [4.69, 9.17) is 5.73 Å². The number of hydrogen-bond acceptors (Lipinski definition) is 5. The van der Waals surface area contributed by atoms with Crippen LogP contribution in [-0.2, 0) is 0 Å². The second-order valence-corrected chi connectivity index (χ2v) is 4.54. The first-order chi connectivity index (χ1) is 8.99. The van der Waals surface area contributed by atoms with Gasteiger partial charge >= 0.3 is 0 Å². The standard InChI is InChI=1S/C14H17N5/c1-8-6-5-7-9(2)12(8)18-19-13-10(3)16-14(15)17-11(13)4/h5-7H,1-4H3,(H2,15,16,17). The molecule has 1 heterocycles. The van der Waals surface area contributed by atoms with Crippen LogP contribution in [0.25, 0.3) is 0 Å². The number of nitrogen functional groups attached to an aromatic ring is 1. The molecule has 0 aliphatic carbocycles. The Hall–Kier alpha value is -2.30. The second kappa shape index (κ2) is 5.14. The molecule has 0 aliphatic heterocycles. The molecule has 1 aromatic heterocycles. The molecular formula is C14H17N5. The molecule has 2 rings (SSSR count). The maximum atomic E-state index is 5.59. The van der Waals surface area contributed by atoms with Gasteiger partial charge in [0, 0.05) is 0 Å². The summed E-state index contributed by atoms with van der Waals surface area (Å²) < 4.78 is 0. The Bertz CT molecular complexity index is 603. The maximum absolute atomic E-state index is 5.59. The lowest BCUT2D eigenvalue weighted by molar-refractivity contribution is 1.03. The van der Waals surface area contributed by atoms with Crippen molar-refractivity contribution in [2.24, 2.45) is 10.2 Å². The smallest absolute Gasteiger partial charge is 0.220 e. The Kier molecular flexibility index (Phi) is 3.55. The fourth-order valence-electron chi connectivity index (χ4n) is 1.94. The van der Waals surface area contributed by atoms with Gasteiger partial charge in [-0.3, -0.25) is 0 Å². The van der Waals surface area contributed by atoms with Crippen LogP contribution >= 0.6 is 0 Å². The van der Waals surface area contributed by atoms with Gasteiger partial charge in [-0.05, 0) is 38.8 Å². The SMILES string of the molecule is Cc1cccc(C)c1N=Nc1c(C)nc(N)nc1C. The number of rotatable bonds is 2. The minimum absolute atomic E-state index is 0.265. The van der Waals surface area contributed by atoms with Crippen molar-refractivity contribution in [1.29, 1.82) is 0 Å². The van der Waals surface area contributed by atoms with Gasteiger partial charge in [-0.25, -0.2) is 9.97 Å². The van der Waals surface area contributed by atoms with Gasteiger partial charge in [-0.1, -0.05) is 18.2 Å². The van der Waals surface area contributed by atoms with E-state index in [1.165, 1.54) is 0 Å². The molecular weight excluding hydrogens is 238 g/mol. The number of hydrogen-bond donors (Lipinski definition) is 1. The first kappa shape index (κ1) is 13.1. The van der Waals surface area contributed by atoms with Gasteiger partial charge in [-0.15, -0.1) is 10.2 Å². The summed E-state index contributed by atoms with van der Waals surface area (Å²) in [6.07, 6.45) is 0. The quantitative estimate of drug-likeness (QED) is 0.831. The Morgan fingerprint density at radius 1 is 0.842 bits per heavy atom. The third-order valence-electron chi connectivity index (χ3n) is 2.94. The molecule has 2 N–H and O–H groups in total. The largest absolute Gasteiger partial charge is 0.368 e. The van der Waals surface area contributed by atoms with E-state index in [0.717, 1.165) is 28.2 Å². The number of aromatic nitrogens is 2. The van der Waals surface area contributed by atoms with Crippen LogP contribution in [-0.4, -0.2) is 9.97 Å². The molecule has 5 nitrogen and oxygen atoms in total. The summed E-state index contributed by atoms with van der Waals surface area (Å²) in [6, 6.07) is 6.04. The third-order valence-corrected chi connectivity index (χ3v) is 2.94. The summed E-state index contributed by atoms with van der Waals surface area (Å²) in [7, 11) is 0. The predicted octanol–water partition coefficient (Wildman–Crippen LogP) is 3.71. The van der Waals surface area contributed by atoms with Crippen molar-refractivity contribution in [3.8, 4) is 0 Å². The van der Waals surface area contributed by atoms with Gasteiger partial charge in [0.15, 0.2) is 0 Å². The highest BCUT2D eigenvalue weighted by Crippen LogP contribution is 2.28. The van der Waals surface area contributed by atoms with Gasteiger partial charge in [0.1, 0.15) is 5.69 Å². The minimum atomic E-state index is 0.265. The fraction of sp³-hybridized carbons (Fsp3) is 0.286. The van der Waals surface area contributed by atoms with Gasteiger partial charge in [0.25, 0.3) is 0 Å². The van der Waals surface area contributed by atoms with Crippen LogP contribution < -0.4 is 5.73 Å². The number of anilines is 1. The zero-order chi connectivity index (χ0) is 14.0. The third kappa shape index (κ3) is 2.76. The lowest BCUT2D eigenvalue weighted by Gasteiger charge is -2.05. The molecule has 0 radical (unpaired) electrons. The number of azo groups is 1. The van der Waals surface area contributed by atoms with Crippen molar-refractivity contribution in [1.82, 2.24) is 9.97 Å². The normalized spacial score (nSPS) is 11.2. The highest BCUT2D eigenvalue weighted by atomic mass is 15.1. The number of aryl methyl sites for hydroxylation is 4. The van der Waals surface area contributed by atoms with Gasteiger partial charge in [0.2, 0.25) is 5.95 Å². The molecule has 0 spiro atoms. The van der Waals surface area contributed by atoms with Crippen LogP contribution in [0.1, 0.15) is 22.5 Å². The van der Waals surface area contributed by atoms with Crippen molar-refractivity contribution in [3.05, 3.63) is 40.7 Å². The first-order valence-corrected chi connectivity index (χ1v) is 6.07. The first-order valence-electron chi connectivity index (χ1n) is 6.07. The maximum Gasteiger partial charge on any atom is 0.220 e. The Labute approximate surface area is 112 Å². The highest BCUT2D eigenvalue weighted by molar-refractivity contribution is 5.53. The fourth-order valence-corrected chi connectivity index (χ4v) is 1.94. The molecule has 19 heavy (non-hydrogen) atoms. The monoisotopic (exact) mass is 255 g/mol. The Morgan fingerprint density at radius 2 is 1.32 bits per heavy atom. The molecule has 0 bridgehead atoms. The van der Waals surface area contributed by atoms with Crippen LogP contribution in [0.2, 0.25) is 0 Å². The number of nitrogens with zero attached hydrogens (tertiary/aromatic N) is 4. The summed E-state index contributed by atoms with van der Waals surface area (Å²) in [5.74, 6) is 0.265. The predicted molar refractivity (Wildman–Crippen MR) is 76.0 cm³/mol. The van der Waals surface area contributed by atoms with Crippen molar-refractivity contribution in [3.63, 3.8) is 0 Å². The van der Waals surface area contributed by atoms with Crippen molar-refractivity contribution < 1.29 is 0 Å². The van der Waals surface area contributed by atoms with E-state index in [0.29, 0.717) is 5.69 Å². The number of benzene rings is 1. The lowest BCUT2D eigenvalue weighted by Crippen LogP contribution is -1.98. The van der Waals surface area contributed by atoms with Crippen LogP contribution in [0.5, 0.6) is 0 Å². The van der Waals surface area contributed by atoms with E-state index in [1.54, 1.807) is 0 Å². The van der Waals surface area contributed by atoms with Gasteiger partial charge in [-0.2, -0.15) is 0 Å². The molecule has 5 heteroatoms. The average Bonchev–Trinajstić information content (AvgIpc) is 2.31. The van der Waals surface area contributed by atoms with Crippen LogP contribution in [0.4, 0.5) is 17.3 Å². The summed E-state index contributed by atoms with van der Waals surface area (Å²) >= 11 is 0. The van der Waals surface area contributed by atoms with Crippen LogP contribution in [0.15, 0.2) is 28.4 Å². The highest BCUT2D eigenvalue weighted by Gasteiger charge is 2.07. The van der Waals surface area contributed by atoms with Crippen molar-refractivity contribution in [2.45, 2.75) is 27.7 Å². The second-order valence-electron chi connectivity index (χ2n) is 4.54. The molecule has 1 aromatic carbocycles. The van der Waals surface area contributed by atoms with Gasteiger partial charge < -0.3 is 5.73 Å². The molecule has 2 aromatic rings. The zero-order valence-corrected chi connectivity index (χ0v) is 11.6. The minimum Gasteiger partial charge on any atom is -0.368 e. The molecule has 0 aliphatic rings. The van der Waals surface area contributed by atoms with E-state index < -0.39 is 0 Å². The molecule has 0 saturated carbocycles.